The Bertz CT molecular complexity index is 515. The van der Waals surface area contributed by atoms with Crippen LogP contribution in [0.25, 0.3) is 0 Å². The number of aliphatic hydroxyl groups is 1. The van der Waals surface area contributed by atoms with Crippen LogP contribution in [0.1, 0.15) is 24.5 Å². The van der Waals surface area contributed by atoms with Gasteiger partial charge in [0.1, 0.15) is 0 Å². The summed E-state index contributed by atoms with van der Waals surface area (Å²) in [6.07, 6.45) is 2.79. The van der Waals surface area contributed by atoms with Gasteiger partial charge in [0.25, 0.3) is 0 Å². The summed E-state index contributed by atoms with van der Waals surface area (Å²) < 4.78 is 27.0. The highest BCUT2D eigenvalue weighted by molar-refractivity contribution is 7.98. The second-order valence-electron chi connectivity index (χ2n) is 4.55. The number of rotatable bonds is 7. The van der Waals surface area contributed by atoms with Crippen LogP contribution in [0.3, 0.4) is 0 Å². The average molecular weight is 303 g/mol. The van der Waals surface area contributed by atoms with Crippen LogP contribution >= 0.6 is 11.8 Å². The van der Waals surface area contributed by atoms with Crippen LogP contribution in [0.2, 0.25) is 0 Å². The van der Waals surface area contributed by atoms with Gasteiger partial charge in [-0.15, -0.1) is 0 Å². The summed E-state index contributed by atoms with van der Waals surface area (Å²) in [6.45, 7) is 3.54. The van der Waals surface area contributed by atoms with E-state index in [2.05, 4.69) is 4.72 Å². The third kappa shape index (κ3) is 4.80. The maximum atomic E-state index is 12.2. The Morgan fingerprint density at radius 3 is 2.68 bits per heavy atom. The zero-order valence-electron chi connectivity index (χ0n) is 11.5. The summed E-state index contributed by atoms with van der Waals surface area (Å²) in [5.41, 5.74) is 1.52. The summed E-state index contributed by atoms with van der Waals surface area (Å²) in [4.78, 5) is 0.207. The number of aryl methyl sites for hydroxylation is 1. The second-order valence-corrected chi connectivity index (χ2v) is 7.25. The topological polar surface area (TPSA) is 66.4 Å². The lowest BCUT2D eigenvalue weighted by molar-refractivity contribution is 0.280. The Morgan fingerprint density at radius 1 is 1.42 bits per heavy atom. The Balaban J connectivity index is 2.88. The Labute approximate surface area is 119 Å². The van der Waals surface area contributed by atoms with Gasteiger partial charge in [-0.2, -0.15) is 11.8 Å². The van der Waals surface area contributed by atoms with E-state index < -0.39 is 10.0 Å². The van der Waals surface area contributed by atoms with Crippen molar-refractivity contribution in [3.05, 3.63) is 29.3 Å². The van der Waals surface area contributed by atoms with Crippen LogP contribution in [0, 0.1) is 6.92 Å². The smallest absolute Gasteiger partial charge is 0.240 e. The largest absolute Gasteiger partial charge is 0.392 e. The summed E-state index contributed by atoms with van der Waals surface area (Å²) in [5, 5.41) is 9.19. The maximum Gasteiger partial charge on any atom is 0.240 e. The van der Waals surface area contributed by atoms with Crippen molar-refractivity contribution in [2.45, 2.75) is 37.8 Å². The van der Waals surface area contributed by atoms with Gasteiger partial charge in [0.05, 0.1) is 11.5 Å². The van der Waals surface area contributed by atoms with Gasteiger partial charge in [0, 0.05) is 6.04 Å². The standard InChI is InChI=1S/C13H21NO3S2/c1-10-4-5-13(8-12(10)9-15)19(16,17)14-11(2)6-7-18-3/h4-5,8,11,14-15H,6-7,9H2,1-3H3. The van der Waals surface area contributed by atoms with E-state index in [0.29, 0.717) is 5.56 Å². The summed E-state index contributed by atoms with van der Waals surface area (Å²) in [5.74, 6) is 0.916. The molecule has 1 aromatic carbocycles. The summed E-state index contributed by atoms with van der Waals surface area (Å²) in [7, 11) is -3.51. The van der Waals surface area contributed by atoms with Crippen LogP contribution < -0.4 is 4.72 Å². The molecular formula is C13H21NO3S2. The molecule has 0 fully saturated rings. The van der Waals surface area contributed by atoms with Gasteiger partial charge in [-0.05, 0) is 55.5 Å². The minimum absolute atomic E-state index is 0.101. The summed E-state index contributed by atoms with van der Waals surface area (Å²) in [6, 6.07) is 4.71. The van der Waals surface area contributed by atoms with Crippen LogP contribution in [0.15, 0.2) is 23.1 Å². The predicted molar refractivity (Wildman–Crippen MR) is 79.9 cm³/mol. The van der Waals surface area contributed by atoms with E-state index >= 15 is 0 Å². The van der Waals surface area contributed by atoms with Gasteiger partial charge in [-0.3, -0.25) is 0 Å². The molecule has 0 saturated carbocycles. The fraction of sp³-hybridized carbons (Fsp3) is 0.538. The van der Waals surface area contributed by atoms with E-state index in [4.69, 9.17) is 0 Å². The van der Waals surface area contributed by atoms with Crippen molar-refractivity contribution in [2.75, 3.05) is 12.0 Å². The molecule has 0 bridgehead atoms. The number of nitrogens with one attached hydrogen (secondary N) is 1. The number of benzene rings is 1. The van der Waals surface area contributed by atoms with Gasteiger partial charge >= 0.3 is 0 Å². The fourth-order valence-electron chi connectivity index (χ4n) is 1.67. The molecule has 0 saturated heterocycles. The van der Waals surface area contributed by atoms with Gasteiger partial charge in [0.15, 0.2) is 0 Å². The van der Waals surface area contributed by atoms with Crippen LogP contribution in [-0.2, 0) is 16.6 Å². The first kappa shape index (κ1) is 16.5. The van der Waals surface area contributed by atoms with Crippen molar-refractivity contribution >= 4 is 21.8 Å². The molecule has 0 amide bonds. The van der Waals surface area contributed by atoms with Crippen molar-refractivity contribution in [1.82, 2.24) is 4.72 Å². The molecule has 2 N–H and O–H groups in total. The molecule has 0 aliphatic heterocycles. The highest BCUT2D eigenvalue weighted by Gasteiger charge is 2.17. The molecule has 0 radical (unpaired) electrons. The molecule has 0 aromatic heterocycles. The normalized spacial score (nSPS) is 13.5. The molecule has 1 atom stereocenters. The van der Waals surface area contributed by atoms with E-state index in [1.807, 2.05) is 20.1 Å². The van der Waals surface area contributed by atoms with E-state index in [1.165, 1.54) is 6.07 Å². The number of hydrogen-bond donors (Lipinski definition) is 2. The third-order valence-corrected chi connectivity index (χ3v) is 5.14. The van der Waals surface area contributed by atoms with Crippen molar-refractivity contribution in [3.8, 4) is 0 Å². The molecule has 6 heteroatoms. The molecule has 108 valence electrons. The van der Waals surface area contributed by atoms with E-state index in [9.17, 15) is 13.5 Å². The quantitative estimate of drug-likeness (QED) is 0.807. The first-order valence-electron chi connectivity index (χ1n) is 6.12. The van der Waals surface area contributed by atoms with Gasteiger partial charge in [-0.25, -0.2) is 13.1 Å². The van der Waals surface area contributed by atoms with Crippen molar-refractivity contribution in [1.29, 1.82) is 0 Å². The van der Waals surface area contributed by atoms with Gasteiger partial charge in [0.2, 0.25) is 10.0 Å². The number of hydrogen-bond acceptors (Lipinski definition) is 4. The van der Waals surface area contributed by atoms with Crippen LogP contribution in [-0.4, -0.2) is 31.6 Å². The Hall–Kier alpha value is -0.560. The first-order valence-corrected chi connectivity index (χ1v) is 9.00. The molecule has 0 aliphatic carbocycles. The molecule has 1 aromatic rings. The van der Waals surface area contributed by atoms with E-state index in [1.54, 1.807) is 23.9 Å². The zero-order valence-corrected chi connectivity index (χ0v) is 13.1. The van der Waals surface area contributed by atoms with Crippen molar-refractivity contribution < 1.29 is 13.5 Å². The maximum absolute atomic E-state index is 12.2. The average Bonchev–Trinajstić information content (AvgIpc) is 2.36. The monoisotopic (exact) mass is 303 g/mol. The minimum atomic E-state index is -3.51. The second kappa shape index (κ2) is 7.28. The fourth-order valence-corrected chi connectivity index (χ4v) is 3.59. The van der Waals surface area contributed by atoms with E-state index in [0.717, 1.165) is 17.7 Å². The Morgan fingerprint density at radius 2 is 2.11 bits per heavy atom. The summed E-state index contributed by atoms with van der Waals surface area (Å²) >= 11 is 1.69. The zero-order chi connectivity index (χ0) is 14.5. The molecule has 1 unspecified atom stereocenters. The minimum Gasteiger partial charge on any atom is -0.392 e. The third-order valence-electron chi connectivity index (χ3n) is 2.91. The molecule has 0 heterocycles. The Kier molecular flexibility index (Phi) is 6.32. The highest BCUT2D eigenvalue weighted by atomic mass is 32.2. The molecular weight excluding hydrogens is 282 g/mol. The lowest BCUT2D eigenvalue weighted by atomic mass is 10.1. The van der Waals surface area contributed by atoms with Gasteiger partial charge in [-0.1, -0.05) is 6.07 Å². The van der Waals surface area contributed by atoms with E-state index in [-0.39, 0.29) is 17.5 Å². The molecule has 0 aliphatic rings. The SMILES string of the molecule is CSCCC(C)NS(=O)(=O)c1ccc(C)c(CO)c1. The lowest BCUT2D eigenvalue weighted by Crippen LogP contribution is -2.33. The molecule has 0 spiro atoms. The highest BCUT2D eigenvalue weighted by Crippen LogP contribution is 2.16. The number of thioether (sulfide) groups is 1. The van der Waals surface area contributed by atoms with Crippen molar-refractivity contribution in [3.63, 3.8) is 0 Å². The van der Waals surface area contributed by atoms with Crippen molar-refractivity contribution in [2.24, 2.45) is 0 Å². The molecule has 4 nitrogen and oxygen atoms in total. The van der Waals surface area contributed by atoms with Gasteiger partial charge < -0.3 is 5.11 Å². The number of aliphatic hydroxyl groups excluding tert-OH is 1. The molecule has 19 heavy (non-hydrogen) atoms. The molecule has 1 rings (SSSR count). The number of sulfonamides is 1. The lowest BCUT2D eigenvalue weighted by Gasteiger charge is -2.14. The van der Waals surface area contributed by atoms with Crippen LogP contribution in [0.4, 0.5) is 0 Å². The van der Waals surface area contributed by atoms with Crippen LogP contribution in [0.5, 0.6) is 0 Å². The predicted octanol–water partition coefficient (Wildman–Crippen LogP) is 1.91. The first-order chi connectivity index (χ1) is 8.90.